The molecule has 2 aromatic rings. The smallest absolute Gasteiger partial charge is 0.255 e. The average Bonchev–Trinajstić information content (AvgIpc) is 2.49. The largest absolute Gasteiger partial charge is 0.481 e. The molecule has 0 bridgehead atoms. The Bertz CT molecular complexity index is 674. The van der Waals surface area contributed by atoms with E-state index in [-0.39, 0.29) is 11.1 Å². The first-order chi connectivity index (χ1) is 10.0. The molecular weight excluding hydrogens is 275 g/mol. The number of benzene rings is 1. The van der Waals surface area contributed by atoms with Crippen LogP contribution in [0.1, 0.15) is 21.6 Å². The van der Waals surface area contributed by atoms with Crippen LogP contribution in [0.25, 0.3) is 0 Å². The third-order valence-electron chi connectivity index (χ3n) is 3.00. The Kier molecular flexibility index (Phi) is 4.49. The second-order valence-electron chi connectivity index (χ2n) is 4.41. The van der Waals surface area contributed by atoms with Crippen molar-refractivity contribution in [3.8, 4) is 5.88 Å². The van der Waals surface area contributed by atoms with E-state index in [0.717, 1.165) is 6.07 Å². The zero-order valence-corrected chi connectivity index (χ0v) is 11.7. The van der Waals surface area contributed by atoms with Crippen LogP contribution < -0.4 is 10.1 Å². The molecule has 1 aromatic heterocycles. The van der Waals surface area contributed by atoms with Crippen LogP contribution in [0.3, 0.4) is 0 Å². The van der Waals surface area contributed by atoms with Crippen molar-refractivity contribution in [2.24, 2.45) is 0 Å². The minimum Gasteiger partial charge on any atom is -0.481 e. The van der Waals surface area contributed by atoms with Crippen molar-refractivity contribution in [2.45, 2.75) is 13.5 Å². The zero-order valence-electron chi connectivity index (χ0n) is 11.7. The summed E-state index contributed by atoms with van der Waals surface area (Å²) >= 11 is 0. The molecule has 110 valence electrons. The highest BCUT2D eigenvalue weighted by atomic mass is 19.1. The Hall–Kier alpha value is -2.47. The Labute approximate surface area is 121 Å². The molecule has 0 radical (unpaired) electrons. The van der Waals surface area contributed by atoms with Crippen LogP contribution in [0.5, 0.6) is 5.88 Å². The first-order valence-electron chi connectivity index (χ1n) is 6.27. The molecule has 0 spiro atoms. The maximum absolute atomic E-state index is 13.6. The summed E-state index contributed by atoms with van der Waals surface area (Å²) in [7, 11) is 1.51. The summed E-state index contributed by atoms with van der Waals surface area (Å²) in [5.41, 5.74) is 1.43. The SMILES string of the molecule is COc1ccc(NC(=O)c2ccc(CO)c(F)c2)c(C)n1. The third-order valence-corrected chi connectivity index (χ3v) is 3.00. The first kappa shape index (κ1) is 14.9. The van der Waals surface area contributed by atoms with Gasteiger partial charge in [-0.15, -0.1) is 0 Å². The molecule has 1 amide bonds. The van der Waals surface area contributed by atoms with E-state index in [1.165, 1.54) is 19.2 Å². The fourth-order valence-electron chi connectivity index (χ4n) is 1.80. The lowest BCUT2D eigenvalue weighted by atomic mass is 10.1. The summed E-state index contributed by atoms with van der Waals surface area (Å²) in [6.07, 6.45) is 0. The number of carbonyl (C=O) groups is 1. The van der Waals surface area contributed by atoms with Crippen molar-refractivity contribution in [2.75, 3.05) is 12.4 Å². The number of aliphatic hydroxyl groups excluding tert-OH is 1. The molecule has 1 aromatic carbocycles. The lowest BCUT2D eigenvalue weighted by Crippen LogP contribution is -2.14. The van der Waals surface area contributed by atoms with Crippen molar-refractivity contribution >= 4 is 11.6 Å². The number of nitrogens with zero attached hydrogens (tertiary/aromatic N) is 1. The van der Waals surface area contributed by atoms with Gasteiger partial charge in [0, 0.05) is 17.2 Å². The van der Waals surface area contributed by atoms with Gasteiger partial charge in [0.05, 0.1) is 25.1 Å². The van der Waals surface area contributed by atoms with Crippen molar-refractivity contribution in [3.05, 3.63) is 53.0 Å². The maximum atomic E-state index is 13.6. The standard InChI is InChI=1S/C15H15FN2O3/c1-9-13(5-6-14(17-9)21-2)18-15(20)10-3-4-11(8-19)12(16)7-10/h3-7,19H,8H2,1-2H3,(H,18,20). The normalized spacial score (nSPS) is 10.3. The van der Waals surface area contributed by atoms with E-state index >= 15 is 0 Å². The van der Waals surface area contributed by atoms with Gasteiger partial charge in [0.25, 0.3) is 5.91 Å². The van der Waals surface area contributed by atoms with Gasteiger partial charge in [0.15, 0.2) is 0 Å². The van der Waals surface area contributed by atoms with Gasteiger partial charge in [-0.1, -0.05) is 6.07 Å². The van der Waals surface area contributed by atoms with E-state index in [2.05, 4.69) is 10.3 Å². The topological polar surface area (TPSA) is 71.5 Å². The number of aryl methyl sites for hydroxylation is 1. The summed E-state index contributed by atoms with van der Waals surface area (Å²) in [6.45, 7) is 1.32. The van der Waals surface area contributed by atoms with Crippen molar-refractivity contribution in [1.82, 2.24) is 4.98 Å². The predicted molar refractivity (Wildman–Crippen MR) is 75.8 cm³/mol. The Morgan fingerprint density at radius 2 is 2.14 bits per heavy atom. The number of carbonyl (C=O) groups excluding carboxylic acids is 1. The number of hydrogen-bond donors (Lipinski definition) is 2. The fourth-order valence-corrected chi connectivity index (χ4v) is 1.80. The highest BCUT2D eigenvalue weighted by molar-refractivity contribution is 6.04. The van der Waals surface area contributed by atoms with Crippen molar-refractivity contribution in [1.29, 1.82) is 0 Å². The summed E-state index contributed by atoms with van der Waals surface area (Å²) < 4.78 is 18.5. The summed E-state index contributed by atoms with van der Waals surface area (Å²) in [6, 6.07) is 7.21. The van der Waals surface area contributed by atoms with E-state index in [0.29, 0.717) is 17.3 Å². The number of rotatable bonds is 4. The molecule has 1 heterocycles. The number of amides is 1. The van der Waals surface area contributed by atoms with Gasteiger partial charge in [-0.05, 0) is 25.1 Å². The van der Waals surface area contributed by atoms with Gasteiger partial charge < -0.3 is 15.2 Å². The highest BCUT2D eigenvalue weighted by Gasteiger charge is 2.11. The van der Waals surface area contributed by atoms with Crippen LogP contribution in [-0.4, -0.2) is 23.1 Å². The minimum absolute atomic E-state index is 0.147. The van der Waals surface area contributed by atoms with Gasteiger partial charge in [0.1, 0.15) is 5.82 Å². The van der Waals surface area contributed by atoms with E-state index in [1.54, 1.807) is 19.1 Å². The van der Waals surface area contributed by atoms with E-state index < -0.39 is 18.3 Å². The molecule has 5 nitrogen and oxygen atoms in total. The van der Waals surface area contributed by atoms with Gasteiger partial charge >= 0.3 is 0 Å². The Balaban J connectivity index is 2.20. The van der Waals surface area contributed by atoms with Crippen LogP contribution in [0.4, 0.5) is 10.1 Å². The zero-order chi connectivity index (χ0) is 15.4. The molecule has 2 N–H and O–H groups in total. The molecule has 0 aliphatic heterocycles. The molecule has 0 saturated heterocycles. The number of aromatic nitrogens is 1. The quantitative estimate of drug-likeness (QED) is 0.906. The molecule has 0 unspecified atom stereocenters. The van der Waals surface area contributed by atoms with Gasteiger partial charge in [-0.3, -0.25) is 4.79 Å². The van der Waals surface area contributed by atoms with Gasteiger partial charge in [-0.25, -0.2) is 9.37 Å². The number of pyridine rings is 1. The van der Waals surface area contributed by atoms with Crippen LogP contribution in [-0.2, 0) is 6.61 Å². The molecule has 0 aliphatic carbocycles. The number of hydrogen-bond acceptors (Lipinski definition) is 4. The van der Waals surface area contributed by atoms with Gasteiger partial charge in [0.2, 0.25) is 5.88 Å². The number of aliphatic hydroxyl groups is 1. The lowest BCUT2D eigenvalue weighted by molar-refractivity contribution is 0.102. The second-order valence-corrected chi connectivity index (χ2v) is 4.41. The number of methoxy groups -OCH3 is 1. The number of anilines is 1. The van der Waals surface area contributed by atoms with Gasteiger partial charge in [-0.2, -0.15) is 0 Å². The average molecular weight is 290 g/mol. The number of nitrogens with one attached hydrogen (secondary N) is 1. The summed E-state index contributed by atoms with van der Waals surface area (Å²) in [4.78, 5) is 16.2. The Morgan fingerprint density at radius 1 is 1.38 bits per heavy atom. The first-order valence-corrected chi connectivity index (χ1v) is 6.27. The minimum atomic E-state index is -0.616. The third kappa shape index (κ3) is 3.35. The summed E-state index contributed by atoms with van der Waals surface area (Å²) in [5, 5.41) is 11.6. The van der Waals surface area contributed by atoms with E-state index in [1.807, 2.05) is 0 Å². The molecular formula is C15H15FN2O3. The van der Waals surface area contributed by atoms with Crippen LogP contribution >= 0.6 is 0 Å². The monoisotopic (exact) mass is 290 g/mol. The lowest BCUT2D eigenvalue weighted by Gasteiger charge is -2.09. The van der Waals surface area contributed by atoms with Crippen LogP contribution in [0.2, 0.25) is 0 Å². The second kappa shape index (κ2) is 6.32. The fraction of sp³-hybridized carbons (Fsp3) is 0.200. The molecule has 0 atom stereocenters. The van der Waals surface area contributed by atoms with E-state index in [4.69, 9.17) is 9.84 Å². The number of ether oxygens (including phenoxy) is 1. The number of halogens is 1. The van der Waals surface area contributed by atoms with Crippen LogP contribution in [0.15, 0.2) is 30.3 Å². The molecule has 21 heavy (non-hydrogen) atoms. The highest BCUT2D eigenvalue weighted by Crippen LogP contribution is 2.18. The molecule has 0 saturated carbocycles. The molecule has 2 rings (SSSR count). The molecule has 6 heteroatoms. The van der Waals surface area contributed by atoms with Crippen molar-refractivity contribution in [3.63, 3.8) is 0 Å². The molecule has 0 fully saturated rings. The van der Waals surface area contributed by atoms with E-state index in [9.17, 15) is 9.18 Å². The Morgan fingerprint density at radius 3 is 2.71 bits per heavy atom. The maximum Gasteiger partial charge on any atom is 0.255 e. The molecule has 0 aliphatic rings. The van der Waals surface area contributed by atoms with Crippen LogP contribution in [0, 0.1) is 12.7 Å². The summed E-state index contributed by atoms with van der Waals surface area (Å²) in [5.74, 6) is -0.618. The predicted octanol–water partition coefficient (Wildman–Crippen LogP) is 2.28. The van der Waals surface area contributed by atoms with Crippen molar-refractivity contribution < 1.29 is 19.0 Å².